The summed E-state index contributed by atoms with van der Waals surface area (Å²) < 4.78 is 0. The molecule has 0 bridgehead atoms. The standard InChI is InChI=1S/C16H34N2O/c1-3-4-5-6-7-8-9-10-13-18-16(19)12-11-15(2)14-17/h15H,3-14,17H2,1-2H3,(H,18,19). The first-order valence-corrected chi connectivity index (χ1v) is 8.17. The van der Waals surface area contributed by atoms with Crippen molar-refractivity contribution in [2.24, 2.45) is 11.7 Å². The molecule has 0 spiro atoms. The Balaban J connectivity index is 3.18. The van der Waals surface area contributed by atoms with Crippen LogP contribution in [0.5, 0.6) is 0 Å². The van der Waals surface area contributed by atoms with Crippen LogP contribution in [-0.2, 0) is 4.79 Å². The molecule has 0 aliphatic carbocycles. The van der Waals surface area contributed by atoms with Crippen molar-refractivity contribution in [2.45, 2.75) is 78.1 Å². The van der Waals surface area contributed by atoms with E-state index in [2.05, 4.69) is 19.2 Å². The molecular formula is C16H34N2O. The zero-order valence-corrected chi connectivity index (χ0v) is 13.0. The van der Waals surface area contributed by atoms with E-state index in [-0.39, 0.29) is 5.91 Å². The van der Waals surface area contributed by atoms with Gasteiger partial charge in [0, 0.05) is 13.0 Å². The van der Waals surface area contributed by atoms with Crippen LogP contribution < -0.4 is 11.1 Å². The highest BCUT2D eigenvalue weighted by atomic mass is 16.1. The highest BCUT2D eigenvalue weighted by Crippen LogP contribution is 2.08. The minimum atomic E-state index is 0.184. The summed E-state index contributed by atoms with van der Waals surface area (Å²) in [4.78, 5) is 11.5. The summed E-state index contributed by atoms with van der Waals surface area (Å²) in [5.41, 5.74) is 5.53. The summed E-state index contributed by atoms with van der Waals surface area (Å²) in [5, 5.41) is 2.99. The summed E-state index contributed by atoms with van der Waals surface area (Å²) in [7, 11) is 0. The van der Waals surface area contributed by atoms with Gasteiger partial charge in [-0.3, -0.25) is 4.79 Å². The number of amides is 1. The summed E-state index contributed by atoms with van der Waals surface area (Å²) >= 11 is 0. The van der Waals surface area contributed by atoms with E-state index in [1.165, 1.54) is 44.9 Å². The average Bonchev–Trinajstić information content (AvgIpc) is 2.42. The molecule has 0 heterocycles. The predicted octanol–water partition coefficient (Wildman–Crippen LogP) is 3.62. The van der Waals surface area contributed by atoms with Gasteiger partial charge in [-0.1, -0.05) is 58.8 Å². The molecule has 0 aliphatic rings. The molecule has 3 N–H and O–H groups in total. The highest BCUT2D eigenvalue weighted by molar-refractivity contribution is 5.75. The number of hydrogen-bond donors (Lipinski definition) is 2. The van der Waals surface area contributed by atoms with Gasteiger partial charge in [-0.15, -0.1) is 0 Å². The van der Waals surface area contributed by atoms with Gasteiger partial charge in [0.2, 0.25) is 5.91 Å². The van der Waals surface area contributed by atoms with Crippen molar-refractivity contribution in [3.8, 4) is 0 Å². The van der Waals surface area contributed by atoms with Gasteiger partial charge < -0.3 is 11.1 Å². The molecule has 0 aliphatic heterocycles. The topological polar surface area (TPSA) is 55.1 Å². The van der Waals surface area contributed by atoms with Crippen LogP contribution in [0, 0.1) is 5.92 Å². The van der Waals surface area contributed by atoms with Gasteiger partial charge >= 0.3 is 0 Å². The number of carbonyl (C=O) groups is 1. The summed E-state index contributed by atoms with van der Waals surface area (Å²) in [5.74, 6) is 0.636. The number of unbranched alkanes of at least 4 members (excludes halogenated alkanes) is 7. The van der Waals surface area contributed by atoms with Crippen molar-refractivity contribution in [3.05, 3.63) is 0 Å². The van der Waals surface area contributed by atoms with Crippen molar-refractivity contribution >= 4 is 5.91 Å². The molecule has 0 aromatic heterocycles. The summed E-state index contributed by atoms with van der Waals surface area (Å²) in [6.45, 7) is 5.85. The average molecular weight is 270 g/mol. The Morgan fingerprint density at radius 2 is 1.63 bits per heavy atom. The molecule has 0 rings (SSSR count). The lowest BCUT2D eigenvalue weighted by Gasteiger charge is -2.08. The van der Waals surface area contributed by atoms with E-state index in [1.807, 2.05) is 0 Å². The van der Waals surface area contributed by atoms with Gasteiger partial charge in [-0.25, -0.2) is 0 Å². The molecule has 114 valence electrons. The lowest BCUT2D eigenvalue weighted by molar-refractivity contribution is -0.121. The molecule has 3 nitrogen and oxygen atoms in total. The second kappa shape index (κ2) is 13.9. The molecule has 1 unspecified atom stereocenters. The Morgan fingerprint density at radius 3 is 2.21 bits per heavy atom. The number of rotatable bonds is 13. The van der Waals surface area contributed by atoms with Gasteiger partial charge in [-0.2, -0.15) is 0 Å². The molecule has 0 aromatic carbocycles. The zero-order chi connectivity index (χ0) is 14.3. The highest BCUT2D eigenvalue weighted by Gasteiger charge is 2.04. The quantitative estimate of drug-likeness (QED) is 0.502. The Kier molecular flexibility index (Phi) is 13.4. The third-order valence-corrected chi connectivity index (χ3v) is 3.62. The van der Waals surface area contributed by atoms with E-state index in [4.69, 9.17) is 5.73 Å². The first kappa shape index (κ1) is 18.4. The fourth-order valence-electron chi connectivity index (χ4n) is 2.07. The second-order valence-electron chi connectivity index (χ2n) is 5.70. The fourth-order valence-corrected chi connectivity index (χ4v) is 2.07. The molecule has 19 heavy (non-hydrogen) atoms. The van der Waals surface area contributed by atoms with E-state index >= 15 is 0 Å². The number of carbonyl (C=O) groups excluding carboxylic acids is 1. The predicted molar refractivity (Wildman–Crippen MR) is 83.1 cm³/mol. The largest absolute Gasteiger partial charge is 0.356 e. The Bertz CT molecular complexity index is 207. The monoisotopic (exact) mass is 270 g/mol. The van der Waals surface area contributed by atoms with Crippen LogP contribution in [0.2, 0.25) is 0 Å². The van der Waals surface area contributed by atoms with Crippen molar-refractivity contribution < 1.29 is 4.79 Å². The van der Waals surface area contributed by atoms with Gasteiger partial charge in [0.25, 0.3) is 0 Å². The molecule has 0 radical (unpaired) electrons. The van der Waals surface area contributed by atoms with E-state index in [0.717, 1.165) is 19.4 Å². The minimum Gasteiger partial charge on any atom is -0.356 e. The molecule has 0 saturated carbocycles. The van der Waals surface area contributed by atoms with Crippen LogP contribution in [0.1, 0.15) is 78.1 Å². The third-order valence-electron chi connectivity index (χ3n) is 3.62. The van der Waals surface area contributed by atoms with Gasteiger partial charge in [0.1, 0.15) is 0 Å². The van der Waals surface area contributed by atoms with Crippen LogP contribution in [0.15, 0.2) is 0 Å². The molecule has 0 aromatic rings. The maximum absolute atomic E-state index is 11.5. The van der Waals surface area contributed by atoms with Crippen LogP contribution in [0.3, 0.4) is 0 Å². The zero-order valence-electron chi connectivity index (χ0n) is 13.0. The minimum absolute atomic E-state index is 0.184. The molecule has 1 amide bonds. The van der Waals surface area contributed by atoms with E-state index in [1.54, 1.807) is 0 Å². The number of nitrogens with two attached hydrogens (primary N) is 1. The van der Waals surface area contributed by atoms with Crippen molar-refractivity contribution in [1.82, 2.24) is 5.32 Å². The number of nitrogens with one attached hydrogen (secondary N) is 1. The molecule has 1 atom stereocenters. The van der Waals surface area contributed by atoms with Gasteiger partial charge in [0.05, 0.1) is 0 Å². The van der Waals surface area contributed by atoms with E-state index in [0.29, 0.717) is 18.9 Å². The third kappa shape index (κ3) is 13.7. The first-order chi connectivity index (χ1) is 9.20. The molecular weight excluding hydrogens is 236 g/mol. The fraction of sp³-hybridized carbons (Fsp3) is 0.938. The molecule has 0 saturated heterocycles. The first-order valence-electron chi connectivity index (χ1n) is 8.17. The lowest BCUT2D eigenvalue weighted by atomic mass is 10.1. The van der Waals surface area contributed by atoms with Crippen LogP contribution in [-0.4, -0.2) is 19.0 Å². The van der Waals surface area contributed by atoms with Crippen molar-refractivity contribution in [3.63, 3.8) is 0 Å². The van der Waals surface area contributed by atoms with Crippen LogP contribution in [0.4, 0.5) is 0 Å². The molecule has 3 heteroatoms. The van der Waals surface area contributed by atoms with Crippen molar-refractivity contribution in [1.29, 1.82) is 0 Å². The van der Waals surface area contributed by atoms with Crippen LogP contribution in [0.25, 0.3) is 0 Å². The van der Waals surface area contributed by atoms with E-state index in [9.17, 15) is 4.79 Å². The van der Waals surface area contributed by atoms with Crippen molar-refractivity contribution in [2.75, 3.05) is 13.1 Å². The Labute approximate surface area is 119 Å². The maximum Gasteiger partial charge on any atom is 0.220 e. The number of hydrogen-bond acceptors (Lipinski definition) is 2. The summed E-state index contributed by atoms with van der Waals surface area (Å²) in [6.07, 6.45) is 12.0. The smallest absolute Gasteiger partial charge is 0.220 e. The van der Waals surface area contributed by atoms with Gasteiger partial charge in [0.15, 0.2) is 0 Å². The van der Waals surface area contributed by atoms with Crippen LogP contribution >= 0.6 is 0 Å². The Hall–Kier alpha value is -0.570. The summed E-state index contributed by atoms with van der Waals surface area (Å²) in [6, 6.07) is 0. The normalized spacial score (nSPS) is 12.4. The lowest BCUT2D eigenvalue weighted by Crippen LogP contribution is -2.25. The van der Waals surface area contributed by atoms with E-state index < -0.39 is 0 Å². The second-order valence-corrected chi connectivity index (χ2v) is 5.70. The Morgan fingerprint density at radius 1 is 1.05 bits per heavy atom. The maximum atomic E-state index is 11.5. The SMILES string of the molecule is CCCCCCCCCCNC(=O)CCC(C)CN. The van der Waals surface area contributed by atoms with Gasteiger partial charge in [-0.05, 0) is 25.3 Å². The molecule has 0 fully saturated rings.